The number of phenolic OH excluding ortho intramolecular Hbond substituents is 1. The summed E-state index contributed by atoms with van der Waals surface area (Å²) in [4.78, 5) is 2.59. The first kappa shape index (κ1) is 13.4. The summed E-state index contributed by atoms with van der Waals surface area (Å²) in [5.41, 5.74) is 1.30. The van der Waals surface area contributed by atoms with Crippen molar-refractivity contribution in [1.82, 2.24) is 4.90 Å². The molecule has 2 heteroatoms. The normalized spacial score (nSPS) is 21.1. The molecular weight excluding hydrogens is 222 g/mol. The Morgan fingerprint density at radius 3 is 3.00 bits per heavy atom. The van der Waals surface area contributed by atoms with Gasteiger partial charge in [0.15, 0.2) is 0 Å². The fraction of sp³-hybridized carbons (Fsp3) is 0.625. The molecule has 1 N–H and O–H groups in total. The zero-order chi connectivity index (χ0) is 12.8. The highest BCUT2D eigenvalue weighted by Gasteiger charge is 2.20. The molecule has 1 heterocycles. The highest BCUT2D eigenvalue weighted by atomic mass is 16.3. The van der Waals surface area contributed by atoms with Crippen LogP contribution in [0.15, 0.2) is 24.3 Å². The number of piperidine rings is 1. The lowest BCUT2D eigenvalue weighted by molar-refractivity contribution is 0.204. The molecule has 1 aromatic carbocycles. The van der Waals surface area contributed by atoms with Crippen LogP contribution in [0.4, 0.5) is 0 Å². The molecule has 1 aliphatic heterocycles. The van der Waals surface area contributed by atoms with Crippen LogP contribution in [-0.2, 0) is 0 Å². The Bertz CT molecular complexity index is 364. The van der Waals surface area contributed by atoms with Crippen LogP contribution in [0.25, 0.3) is 0 Å². The maximum Gasteiger partial charge on any atom is 0.115 e. The molecule has 18 heavy (non-hydrogen) atoms. The van der Waals surface area contributed by atoms with E-state index in [1.165, 1.54) is 50.8 Å². The number of phenols is 1. The van der Waals surface area contributed by atoms with Crippen molar-refractivity contribution < 1.29 is 5.11 Å². The largest absolute Gasteiger partial charge is 0.508 e. The number of rotatable bonds is 5. The van der Waals surface area contributed by atoms with Crippen molar-refractivity contribution in [2.24, 2.45) is 0 Å². The van der Waals surface area contributed by atoms with Gasteiger partial charge in [-0.1, -0.05) is 31.9 Å². The van der Waals surface area contributed by atoms with E-state index < -0.39 is 0 Å². The molecule has 100 valence electrons. The summed E-state index contributed by atoms with van der Waals surface area (Å²) >= 11 is 0. The van der Waals surface area contributed by atoms with Crippen molar-refractivity contribution in [1.29, 1.82) is 0 Å². The lowest BCUT2D eigenvalue weighted by atomic mass is 9.90. The molecule has 1 atom stereocenters. The van der Waals surface area contributed by atoms with Crippen molar-refractivity contribution in [2.45, 2.75) is 44.9 Å². The smallest absolute Gasteiger partial charge is 0.115 e. The fourth-order valence-electron chi connectivity index (χ4n) is 2.89. The molecule has 0 aliphatic carbocycles. The highest BCUT2D eigenvalue weighted by molar-refractivity contribution is 5.30. The molecule has 0 aromatic heterocycles. The van der Waals surface area contributed by atoms with E-state index in [9.17, 15) is 5.11 Å². The Labute approximate surface area is 111 Å². The van der Waals surface area contributed by atoms with Crippen molar-refractivity contribution in [2.75, 3.05) is 19.6 Å². The minimum absolute atomic E-state index is 0.399. The molecule has 0 spiro atoms. The van der Waals surface area contributed by atoms with E-state index in [2.05, 4.69) is 17.9 Å². The van der Waals surface area contributed by atoms with Gasteiger partial charge in [0.25, 0.3) is 0 Å². The molecule has 1 aliphatic rings. The number of likely N-dealkylation sites (tertiary alicyclic amines) is 1. The Morgan fingerprint density at radius 1 is 1.33 bits per heavy atom. The number of hydrogen-bond acceptors (Lipinski definition) is 2. The Hall–Kier alpha value is -1.02. The Kier molecular flexibility index (Phi) is 5.06. The minimum Gasteiger partial charge on any atom is -0.508 e. The average Bonchev–Trinajstić information content (AvgIpc) is 2.39. The average molecular weight is 247 g/mol. The molecule has 1 saturated heterocycles. The van der Waals surface area contributed by atoms with Gasteiger partial charge >= 0.3 is 0 Å². The van der Waals surface area contributed by atoms with Crippen LogP contribution < -0.4 is 0 Å². The van der Waals surface area contributed by atoms with E-state index in [4.69, 9.17) is 0 Å². The maximum absolute atomic E-state index is 9.57. The summed E-state index contributed by atoms with van der Waals surface area (Å²) < 4.78 is 0. The first-order valence-electron chi connectivity index (χ1n) is 7.31. The summed E-state index contributed by atoms with van der Waals surface area (Å²) in [6.45, 7) is 5.90. The molecule has 1 aromatic rings. The van der Waals surface area contributed by atoms with Gasteiger partial charge in [0, 0.05) is 6.54 Å². The van der Waals surface area contributed by atoms with E-state index in [-0.39, 0.29) is 0 Å². The third kappa shape index (κ3) is 3.74. The standard InChI is InChI=1S/C16H25NO/c1-2-3-4-10-17-11-6-8-15(13-17)14-7-5-9-16(18)12-14/h5,7,9,12,15,18H,2-4,6,8,10-11,13H2,1H3. The van der Waals surface area contributed by atoms with E-state index in [0.717, 1.165) is 6.54 Å². The van der Waals surface area contributed by atoms with E-state index in [1.807, 2.05) is 12.1 Å². The summed E-state index contributed by atoms with van der Waals surface area (Å²) in [5.74, 6) is 1.00. The summed E-state index contributed by atoms with van der Waals surface area (Å²) in [6.07, 6.45) is 6.50. The summed E-state index contributed by atoms with van der Waals surface area (Å²) in [6, 6.07) is 7.80. The van der Waals surface area contributed by atoms with E-state index in [0.29, 0.717) is 11.7 Å². The molecule has 1 fully saturated rings. The molecule has 0 amide bonds. The third-order valence-electron chi connectivity index (χ3n) is 3.93. The SMILES string of the molecule is CCCCCN1CCCC(c2cccc(O)c2)C1. The number of hydrogen-bond donors (Lipinski definition) is 1. The van der Waals surface area contributed by atoms with Gasteiger partial charge in [0.1, 0.15) is 5.75 Å². The van der Waals surface area contributed by atoms with Crippen LogP contribution >= 0.6 is 0 Å². The van der Waals surface area contributed by atoms with Gasteiger partial charge in [-0.15, -0.1) is 0 Å². The van der Waals surface area contributed by atoms with Crippen LogP contribution in [0.2, 0.25) is 0 Å². The third-order valence-corrected chi connectivity index (χ3v) is 3.93. The first-order valence-corrected chi connectivity index (χ1v) is 7.31. The van der Waals surface area contributed by atoms with Gasteiger partial charge in [-0.25, -0.2) is 0 Å². The second-order valence-corrected chi connectivity index (χ2v) is 5.44. The van der Waals surface area contributed by atoms with E-state index in [1.54, 1.807) is 6.07 Å². The summed E-state index contributed by atoms with van der Waals surface area (Å²) in [7, 11) is 0. The highest BCUT2D eigenvalue weighted by Crippen LogP contribution is 2.28. The fourth-order valence-corrected chi connectivity index (χ4v) is 2.89. The first-order chi connectivity index (χ1) is 8.79. The Morgan fingerprint density at radius 2 is 2.22 bits per heavy atom. The zero-order valence-corrected chi connectivity index (χ0v) is 11.4. The monoisotopic (exact) mass is 247 g/mol. The number of benzene rings is 1. The molecule has 0 radical (unpaired) electrons. The molecule has 1 unspecified atom stereocenters. The lowest BCUT2D eigenvalue weighted by Gasteiger charge is -2.33. The van der Waals surface area contributed by atoms with Gasteiger partial charge in [0.2, 0.25) is 0 Å². The van der Waals surface area contributed by atoms with Gasteiger partial charge in [-0.05, 0) is 56.0 Å². The van der Waals surface area contributed by atoms with Crippen molar-refractivity contribution in [3.8, 4) is 5.75 Å². The predicted octanol–water partition coefficient (Wildman–Crippen LogP) is 3.76. The van der Waals surface area contributed by atoms with Crippen LogP contribution in [0.1, 0.15) is 50.5 Å². The van der Waals surface area contributed by atoms with Crippen LogP contribution in [0.5, 0.6) is 5.75 Å². The lowest BCUT2D eigenvalue weighted by Crippen LogP contribution is -2.35. The van der Waals surface area contributed by atoms with Crippen LogP contribution in [-0.4, -0.2) is 29.6 Å². The number of unbranched alkanes of at least 4 members (excludes halogenated alkanes) is 2. The molecule has 0 saturated carbocycles. The molecular formula is C16H25NO. The van der Waals surface area contributed by atoms with Crippen molar-refractivity contribution in [3.05, 3.63) is 29.8 Å². The van der Waals surface area contributed by atoms with Gasteiger partial charge < -0.3 is 10.0 Å². The van der Waals surface area contributed by atoms with Crippen molar-refractivity contribution >= 4 is 0 Å². The quantitative estimate of drug-likeness (QED) is 0.801. The van der Waals surface area contributed by atoms with Gasteiger partial charge in [0.05, 0.1) is 0 Å². The minimum atomic E-state index is 0.399. The maximum atomic E-state index is 9.57. The van der Waals surface area contributed by atoms with Gasteiger partial charge in [-0.2, -0.15) is 0 Å². The summed E-state index contributed by atoms with van der Waals surface area (Å²) in [5, 5.41) is 9.57. The van der Waals surface area contributed by atoms with Crippen LogP contribution in [0.3, 0.4) is 0 Å². The second kappa shape index (κ2) is 6.79. The second-order valence-electron chi connectivity index (χ2n) is 5.44. The van der Waals surface area contributed by atoms with Crippen molar-refractivity contribution in [3.63, 3.8) is 0 Å². The molecule has 2 nitrogen and oxygen atoms in total. The molecule has 2 rings (SSSR count). The number of nitrogens with zero attached hydrogens (tertiary/aromatic N) is 1. The van der Waals surface area contributed by atoms with Gasteiger partial charge in [-0.3, -0.25) is 0 Å². The number of aromatic hydroxyl groups is 1. The predicted molar refractivity (Wildman–Crippen MR) is 76.0 cm³/mol. The zero-order valence-electron chi connectivity index (χ0n) is 11.4. The topological polar surface area (TPSA) is 23.5 Å². The Balaban J connectivity index is 1.90. The van der Waals surface area contributed by atoms with Crippen LogP contribution in [0, 0.1) is 0 Å². The van der Waals surface area contributed by atoms with E-state index >= 15 is 0 Å². The molecule has 0 bridgehead atoms.